The van der Waals surface area contributed by atoms with Crippen LogP contribution in [0.15, 0.2) is 0 Å². The topological polar surface area (TPSA) is 222 Å². The Kier molecular flexibility index (Phi) is 8.98. The van der Waals surface area contributed by atoms with Crippen LogP contribution in [0.3, 0.4) is 0 Å². The van der Waals surface area contributed by atoms with E-state index < -0.39 is 141 Å². The molecule has 40 heteroatoms. The van der Waals surface area contributed by atoms with Crippen molar-refractivity contribution in [2.45, 2.75) is 104 Å². The van der Waals surface area contributed by atoms with Crippen LogP contribution < -0.4 is 0 Å². The second kappa shape index (κ2) is 11.8. The lowest BCUT2D eigenvalue weighted by molar-refractivity contribution is -0.0279. The van der Waals surface area contributed by atoms with Gasteiger partial charge in [-0.2, -0.15) is 0 Å². The minimum atomic E-state index is -4.28. The molecular formula is C16H46O24Si16. The minimum Gasteiger partial charge on any atom is -0.374 e. The van der Waals surface area contributed by atoms with Crippen molar-refractivity contribution in [2.24, 2.45) is 0 Å². The second-order valence-electron chi connectivity index (χ2n) is 16.4. The van der Waals surface area contributed by atoms with Crippen LogP contribution >= 0.6 is 0 Å². The molecule has 0 radical (unpaired) electrons. The first kappa shape index (κ1) is 42.5. The Morgan fingerprint density at radius 3 is 0.357 bits per heavy atom. The third kappa shape index (κ3) is 7.39. The quantitative estimate of drug-likeness (QED) is 0.364. The van der Waals surface area contributed by atoms with Crippen molar-refractivity contribution < 1.29 is 98.8 Å². The molecule has 12 aliphatic rings. The molecule has 0 N–H and O–H groups in total. The molecule has 12 aliphatic heterocycles. The van der Waals surface area contributed by atoms with Gasteiger partial charge in [0.25, 0.3) is 0 Å². The molecule has 318 valence electrons. The highest BCUT2D eigenvalue weighted by Crippen LogP contribution is 2.52. The Hall–Kier alpha value is 2.51. The highest BCUT2D eigenvalue weighted by molar-refractivity contribution is 7.05. The van der Waals surface area contributed by atoms with Crippen LogP contribution in [0.1, 0.15) is 0 Å². The molecule has 0 aromatic carbocycles. The maximum atomic E-state index is 7.11. The predicted molar refractivity (Wildman–Crippen MR) is 210 cm³/mol. The van der Waals surface area contributed by atoms with E-state index in [2.05, 4.69) is 0 Å². The van der Waals surface area contributed by atoms with E-state index in [9.17, 15) is 0 Å². The SMILES string of the molecule is C[Si]12O[Si]3(C)O[Si]4(C)O[Si](C)(O1)O[Si]1(C)O[Si](C)(O2)O[Si](C)(O3)O[Si](CC[Si]23O[Si]5(C)O[Si]6(C)O[Si]7(C)O[Si](C)(O5)O[Si](C)(O[Si](C)(O7)O[Si](C)(O6)O2)O3)(O4)O1. The first-order valence-electron chi connectivity index (χ1n) is 18.0. The lowest BCUT2D eigenvalue weighted by Gasteiger charge is -2.61. The minimum absolute atomic E-state index is 0.0605. The lowest BCUT2D eigenvalue weighted by Crippen LogP contribution is -2.87. The zero-order valence-electron chi connectivity index (χ0n) is 33.2. The summed E-state index contributed by atoms with van der Waals surface area (Å²) in [6.45, 7) is 24.0. The molecule has 12 rings (SSSR count). The summed E-state index contributed by atoms with van der Waals surface area (Å²) in [5.74, 6) is 0. The van der Waals surface area contributed by atoms with E-state index in [4.69, 9.17) is 98.8 Å². The number of hydrogen-bond donors (Lipinski definition) is 0. The van der Waals surface area contributed by atoms with Crippen molar-refractivity contribution in [1.82, 2.24) is 0 Å². The molecule has 56 heavy (non-hydrogen) atoms. The van der Waals surface area contributed by atoms with Crippen molar-refractivity contribution in [3.8, 4) is 0 Å². The molecule has 24 nitrogen and oxygen atoms in total. The number of hydrogen-bond acceptors (Lipinski definition) is 24. The Bertz CT molecular complexity index is 1410. The van der Waals surface area contributed by atoms with E-state index in [0.29, 0.717) is 0 Å². The average molecular weight is 1070 g/mol. The van der Waals surface area contributed by atoms with E-state index in [-0.39, 0.29) is 12.1 Å². The molecule has 0 amide bonds. The van der Waals surface area contributed by atoms with Gasteiger partial charge in [0.2, 0.25) is 0 Å². The fourth-order valence-corrected chi connectivity index (χ4v) is 102. The summed E-state index contributed by atoms with van der Waals surface area (Å²) >= 11 is 0. The monoisotopic (exact) mass is 1070 g/mol. The molecule has 16 bridgehead atoms. The highest BCUT2D eigenvalue weighted by Gasteiger charge is 2.82. The van der Waals surface area contributed by atoms with Gasteiger partial charge in [-0.05, 0) is 0 Å². The van der Waals surface area contributed by atoms with Gasteiger partial charge in [0.05, 0.1) is 0 Å². The maximum Gasteiger partial charge on any atom is 0.478 e. The summed E-state index contributed by atoms with van der Waals surface area (Å²) < 4.78 is 164. The van der Waals surface area contributed by atoms with E-state index in [1.165, 1.54) is 0 Å². The van der Waals surface area contributed by atoms with Gasteiger partial charge in [-0.3, -0.25) is 0 Å². The molecular weight excluding hydrogens is 1030 g/mol. The summed E-state index contributed by atoms with van der Waals surface area (Å²) in [6.07, 6.45) is 0. The van der Waals surface area contributed by atoms with Crippen LogP contribution in [-0.4, -0.2) is 141 Å². The van der Waals surface area contributed by atoms with Gasteiger partial charge in [-0.15, -0.1) is 0 Å². The summed E-state index contributed by atoms with van der Waals surface area (Å²) in [6, 6.07) is -0.121. The molecule has 0 saturated carbocycles. The fourth-order valence-electron chi connectivity index (χ4n) is 9.37. The van der Waals surface area contributed by atoms with E-state index in [1.54, 1.807) is 91.7 Å². The fraction of sp³-hybridized carbons (Fsp3) is 1.00. The van der Waals surface area contributed by atoms with Gasteiger partial charge in [-0.25, -0.2) is 0 Å². The van der Waals surface area contributed by atoms with Gasteiger partial charge in [0.15, 0.2) is 0 Å². The van der Waals surface area contributed by atoms with Crippen LogP contribution in [-0.2, 0) is 98.8 Å². The molecule has 0 aliphatic carbocycles. The van der Waals surface area contributed by atoms with Gasteiger partial charge < -0.3 is 98.8 Å². The van der Waals surface area contributed by atoms with Gasteiger partial charge in [-0.1, -0.05) is 0 Å². The second-order valence-corrected chi connectivity index (χ2v) is 63.9. The highest BCUT2D eigenvalue weighted by atomic mass is 28.6. The van der Waals surface area contributed by atoms with E-state index in [0.717, 1.165) is 0 Å². The van der Waals surface area contributed by atoms with Crippen LogP contribution in [0.25, 0.3) is 0 Å². The zero-order chi connectivity index (χ0) is 40.4. The van der Waals surface area contributed by atoms with Crippen molar-refractivity contribution in [2.75, 3.05) is 0 Å². The first-order valence-corrected chi connectivity index (χ1v) is 53.0. The Balaban J connectivity index is 1.10. The Morgan fingerprint density at radius 2 is 0.250 bits per heavy atom. The summed E-state index contributed by atoms with van der Waals surface area (Å²) in [5.41, 5.74) is 0. The number of rotatable bonds is 3. The molecule has 12 fully saturated rings. The predicted octanol–water partition coefficient (Wildman–Crippen LogP) is 1.36. The Labute approximate surface area is 341 Å². The maximum absolute atomic E-state index is 7.11. The van der Waals surface area contributed by atoms with Crippen LogP contribution in [0, 0.1) is 0 Å². The Morgan fingerprint density at radius 1 is 0.161 bits per heavy atom. The third-order valence-electron chi connectivity index (χ3n) is 9.46. The first-order chi connectivity index (χ1) is 25.2. The van der Waals surface area contributed by atoms with E-state index in [1.807, 2.05) is 0 Å². The van der Waals surface area contributed by atoms with Crippen molar-refractivity contribution in [1.29, 1.82) is 0 Å². The molecule has 0 aromatic rings. The molecule has 0 unspecified atom stereocenters. The summed E-state index contributed by atoms with van der Waals surface area (Å²) in [7, 11) is -62.0. The molecule has 0 aromatic heterocycles. The summed E-state index contributed by atoms with van der Waals surface area (Å²) in [5, 5.41) is 0. The zero-order valence-corrected chi connectivity index (χ0v) is 49.2. The smallest absolute Gasteiger partial charge is 0.374 e. The molecule has 0 spiro atoms. The van der Waals surface area contributed by atoms with Gasteiger partial charge >= 0.3 is 141 Å². The van der Waals surface area contributed by atoms with Gasteiger partial charge in [0.1, 0.15) is 0 Å². The van der Waals surface area contributed by atoms with Crippen LogP contribution in [0.2, 0.25) is 104 Å². The third-order valence-corrected chi connectivity index (χ3v) is 81.4. The molecule has 0 atom stereocenters. The van der Waals surface area contributed by atoms with Crippen molar-refractivity contribution >= 4 is 141 Å². The van der Waals surface area contributed by atoms with Crippen molar-refractivity contribution in [3.63, 3.8) is 0 Å². The average Bonchev–Trinajstić information content (AvgIpc) is 2.79. The molecule has 12 saturated heterocycles. The van der Waals surface area contributed by atoms with Crippen LogP contribution in [0.4, 0.5) is 0 Å². The van der Waals surface area contributed by atoms with Gasteiger partial charge in [0, 0.05) is 104 Å². The van der Waals surface area contributed by atoms with E-state index >= 15 is 0 Å². The summed E-state index contributed by atoms with van der Waals surface area (Å²) in [4.78, 5) is 0. The van der Waals surface area contributed by atoms with Crippen molar-refractivity contribution in [3.05, 3.63) is 0 Å². The standard InChI is InChI=1S/C16H46O24Si16/c1-41-17-43(3)23-49(9)25-44(4,18-41)27-51(11)28-45(5,19-41)26-50(10,24-43)36-55(35-49,37-51)15-16-56-38-52(12)29-46(6)20-42(2)21-47(7,31-52)33-54(14,40-56)34-48(8,22-42)32-53(13,30-46)39-56/h15-16H2,1-14H3. The normalized spacial score (nSPS) is 66.3. The van der Waals surface area contributed by atoms with Crippen LogP contribution in [0.5, 0.6) is 0 Å². The lowest BCUT2D eigenvalue weighted by atomic mass is 11.0. The molecule has 12 heterocycles. The largest absolute Gasteiger partial charge is 0.478 e.